The van der Waals surface area contributed by atoms with Crippen molar-refractivity contribution in [2.75, 3.05) is 5.73 Å². The maximum absolute atomic E-state index is 5.89. The summed E-state index contributed by atoms with van der Waals surface area (Å²) >= 11 is 0. The van der Waals surface area contributed by atoms with Crippen molar-refractivity contribution in [3.05, 3.63) is 24.0 Å². The van der Waals surface area contributed by atoms with E-state index in [0.29, 0.717) is 5.92 Å². The molecule has 3 heteroatoms. The minimum atomic E-state index is -0.0199. The zero-order valence-electron chi connectivity index (χ0n) is 7.49. The summed E-state index contributed by atoms with van der Waals surface area (Å²) in [6.07, 6.45) is 1.69. The number of nitrogens with zero attached hydrogens (tertiary/aromatic N) is 1. The molecule has 0 radical (unpaired) electrons. The molecule has 1 aromatic heterocycles. The van der Waals surface area contributed by atoms with E-state index in [1.54, 1.807) is 12.3 Å². The minimum Gasteiger partial charge on any atom is -0.399 e. The Balaban J connectivity index is 2.88. The highest BCUT2D eigenvalue weighted by Gasteiger charge is 2.11. The molecule has 4 N–H and O–H groups in total. The van der Waals surface area contributed by atoms with Gasteiger partial charge in [0.25, 0.3) is 0 Å². The first-order valence-corrected chi connectivity index (χ1v) is 4.08. The van der Waals surface area contributed by atoms with Crippen LogP contribution in [0.5, 0.6) is 0 Å². The smallest absolute Gasteiger partial charge is 0.0594 e. The van der Waals surface area contributed by atoms with E-state index in [4.69, 9.17) is 11.5 Å². The topological polar surface area (TPSA) is 64.9 Å². The minimum absolute atomic E-state index is 0.0199. The van der Waals surface area contributed by atoms with Crippen molar-refractivity contribution in [2.24, 2.45) is 11.7 Å². The highest BCUT2D eigenvalue weighted by molar-refractivity contribution is 5.38. The van der Waals surface area contributed by atoms with Crippen LogP contribution in [-0.2, 0) is 0 Å². The Morgan fingerprint density at radius 2 is 2.08 bits per heavy atom. The molecule has 1 atom stereocenters. The van der Waals surface area contributed by atoms with E-state index < -0.39 is 0 Å². The molecular formula is C9H15N3. The molecule has 1 aromatic rings. The summed E-state index contributed by atoms with van der Waals surface area (Å²) in [5.74, 6) is 0.388. The normalized spacial score (nSPS) is 13.3. The molecule has 0 aliphatic heterocycles. The standard InChI is InChI=1S/C9H15N3/c1-6(2)9(11)8-5-7(10)3-4-12-8/h3-6,9H,11H2,1-2H3,(H2,10,12)/t9-/m1/s1. The van der Waals surface area contributed by atoms with E-state index >= 15 is 0 Å². The van der Waals surface area contributed by atoms with Crippen molar-refractivity contribution in [1.29, 1.82) is 0 Å². The molecular weight excluding hydrogens is 150 g/mol. The van der Waals surface area contributed by atoms with Gasteiger partial charge in [-0.1, -0.05) is 13.8 Å². The van der Waals surface area contributed by atoms with Crippen LogP contribution in [0, 0.1) is 5.92 Å². The molecule has 1 rings (SSSR count). The predicted molar refractivity (Wildman–Crippen MR) is 50.4 cm³/mol. The molecule has 0 aliphatic rings. The van der Waals surface area contributed by atoms with Gasteiger partial charge in [0, 0.05) is 17.9 Å². The summed E-state index contributed by atoms with van der Waals surface area (Å²) in [4.78, 5) is 4.16. The van der Waals surface area contributed by atoms with Gasteiger partial charge in [-0.05, 0) is 18.1 Å². The Morgan fingerprint density at radius 1 is 1.42 bits per heavy atom. The molecule has 0 saturated heterocycles. The van der Waals surface area contributed by atoms with Crippen LogP contribution < -0.4 is 11.5 Å². The van der Waals surface area contributed by atoms with Crippen molar-refractivity contribution in [1.82, 2.24) is 4.98 Å². The van der Waals surface area contributed by atoms with E-state index in [9.17, 15) is 0 Å². The predicted octanol–water partition coefficient (Wildman–Crippen LogP) is 1.32. The molecule has 12 heavy (non-hydrogen) atoms. The first kappa shape index (κ1) is 9.00. The van der Waals surface area contributed by atoms with Crippen molar-refractivity contribution in [2.45, 2.75) is 19.9 Å². The van der Waals surface area contributed by atoms with Gasteiger partial charge in [0.15, 0.2) is 0 Å². The highest BCUT2D eigenvalue weighted by Crippen LogP contribution is 2.17. The number of pyridine rings is 1. The van der Waals surface area contributed by atoms with Gasteiger partial charge in [-0.3, -0.25) is 4.98 Å². The van der Waals surface area contributed by atoms with Crippen LogP contribution in [-0.4, -0.2) is 4.98 Å². The van der Waals surface area contributed by atoms with E-state index in [1.807, 2.05) is 6.07 Å². The molecule has 0 spiro atoms. The Labute approximate surface area is 72.8 Å². The van der Waals surface area contributed by atoms with Crippen molar-refractivity contribution in [3.8, 4) is 0 Å². The number of nitrogens with two attached hydrogens (primary N) is 2. The van der Waals surface area contributed by atoms with Crippen LogP contribution >= 0.6 is 0 Å². The number of hydrogen-bond donors (Lipinski definition) is 2. The molecule has 0 fully saturated rings. The maximum atomic E-state index is 5.89. The van der Waals surface area contributed by atoms with Gasteiger partial charge in [-0.2, -0.15) is 0 Å². The average molecular weight is 165 g/mol. The lowest BCUT2D eigenvalue weighted by atomic mass is 10.0. The Kier molecular flexibility index (Phi) is 2.65. The second kappa shape index (κ2) is 3.54. The van der Waals surface area contributed by atoms with Crippen LogP contribution in [0.1, 0.15) is 25.6 Å². The number of rotatable bonds is 2. The number of aromatic nitrogens is 1. The number of hydrogen-bond acceptors (Lipinski definition) is 3. The van der Waals surface area contributed by atoms with Gasteiger partial charge in [0.05, 0.1) is 5.69 Å². The summed E-state index contributed by atoms with van der Waals surface area (Å²) in [5, 5.41) is 0. The highest BCUT2D eigenvalue weighted by atomic mass is 14.8. The molecule has 1 heterocycles. The van der Waals surface area contributed by atoms with Crippen LogP contribution in [0.2, 0.25) is 0 Å². The first-order valence-electron chi connectivity index (χ1n) is 4.08. The van der Waals surface area contributed by atoms with Crippen molar-refractivity contribution >= 4 is 5.69 Å². The summed E-state index contributed by atoms with van der Waals surface area (Å²) < 4.78 is 0. The second-order valence-corrected chi connectivity index (χ2v) is 3.28. The second-order valence-electron chi connectivity index (χ2n) is 3.28. The molecule has 0 unspecified atom stereocenters. The van der Waals surface area contributed by atoms with Gasteiger partial charge in [-0.15, -0.1) is 0 Å². The van der Waals surface area contributed by atoms with E-state index in [1.165, 1.54) is 0 Å². The van der Waals surface area contributed by atoms with Gasteiger partial charge < -0.3 is 11.5 Å². The zero-order valence-corrected chi connectivity index (χ0v) is 7.49. The van der Waals surface area contributed by atoms with E-state index in [-0.39, 0.29) is 6.04 Å². The molecule has 0 aromatic carbocycles. The summed E-state index contributed by atoms with van der Waals surface area (Å²) in [6, 6.07) is 3.56. The lowest BCUT2D eigenvalue weighted by Crippen LogP contribution is -2.18. The zero-order chi connectivity index (χ0) is 9.14. The van der Waals surface area contributed by atoms with Crippen LogP contribution in [0.4, 0.5) is 5.69 Å². The van der Waals surface area contributed by atoms with Crippen LogP contribution in [0.3, 0.4) is 0 Å². The number of nitrogen functional groups attached to an aromatic ring is 1. The summed E-state index contributed by atoms with van der Waals surface area (Å²) in [7, 11) is 0. The van der Waals surface area contributed by atoms with Gasteiger partial charge >= 0.3 is 0 Å². The molecule has 0 aliphatic carbocycles. The molecule has 3 nitrogen and oxygen atoms in total. The first-order chi connectivity index (χ1) is 5.61. The van der Waals surface area contributed by atoms with Gasteiger partial charge in [-0.25, -0.2) is 0 Å². The molecule has 0 amide bonds. The molecule has 66 valence electrons. The lowest BCUT2D eigenvalue weighted by Gasteiger charge is -2.14. The monoisotopic (exact) mass is 165 g/mol. The maximum Gasteiger partial charge on any atom is 0.0594 e. The fourth-order valence-electron chi connectivity index (χ4n) is 0.989. The van der Waals surface area contributed by atoms with E-state index in [0.717, 1.165) is 11.4 Å². The Bertz CT molecular complexity index is 258. The fraction of sp³-hybridized carbons (Fsp3) is 0.444. The van der Waals surface area contributed by atoms with Crippen molar-refractivity contribution < 1.29 is 0 Å². The third kappa shape index (κ3) is 1.95. The summed E-state index contributed by atoms with van der Waals surface area (Å²) in [6.45, 7) is 4.13. The average Bonchev–Trinajstić information content (AvgIpc) is 2.03. The lowest BCUT2D eigenvalue weighted by molar-refractivity contribution is 0.503. The van der Waals surface area contributed by atoms with Crippen LogP contribution in [0.25, 0.3) is 0 Å². The molecule has 0 bridgehead atoms. The Morgan fingerprint density at radius 3 is 2.58 bits per heavy atom. The van der Waals surface area contributed by atoms with Gasteiger partial charge in [0.2, 0.25) is 0 Å². The number of anilines is 1. The van der Waals surface area contributed by atoms with Crippen LogP contribution in [0.15, 0.2) is 18.3 Å². The van der Waals surface area contributed by atoms with Gasteiger partial charge in [0.1, 0.15) is 0 Å². The Hall–Kier alpha value is -1.09. The largest absolute Gasteiger partial charge is 0.399 e. The quantitative estimate of drug-likeness (QED) is 0.694. The molecule has 0 saturated carbocycles. The SMILES string of the molecule is CC(C)[C@@H](N)c1cc(N)ccn1. The van der Waals surface area contributed by atoms with E-state index in [2.05, 4.69) is 18.8 Å². The fourth-order valence-corrected chi connectivity index (χ4v) is 0.989. The third-order valence-electron chi connectivity index (χ3n) is 1.86. The summed E-state index contributed by atoms with van der Waals surface area (Å²) in [5.41, 5.74) is 13.1. The van der Waals surface area contributed by atoms with Crippen molar-refractivity contribution in [3.63, 3.8) is 0 Å². The third-order valence-corrected chi connectivity index (χ3v) is 1.86.